The lowest BCUT2D eigenvalue weighted by atomic mass is 9.93. The summed E-state index contributed by atoms with van der Waals surface area (Å²) in [6.45, 7) is 2.86. The molecule has 7 heteroatoms. The Balaban J connectivity index is 1.08. The van der Waals surface area contributed by atoms with Gasteiger partial charge in [0.2, 0.25) is 5.91 Å². The van der Waals surface area contributed by atoms with Crippen molar-refractivity contribution < 1.29 is 14.3 Å². The van der Waals surface area contributed by atoms with Gasteiger partial charge in [-0.2, -0.15) is 0 Å². The number of nitrogens with one attached hydrogen (secondary N) is 1. The Kier molecular flexibility index (Phi) is 5.02. The van der Waals surface area contributed by atoms with E-state index >= 15 is 0 Å². The van der Waals surface area contributed by atoms with Gasteiger partial charge in [-0.25, -0.2) is 4.79 Å². The van der Waals surface area contributed by atoms with Crippen LogP contribution in [0.25, 0.3) is 0 Å². The van der Waals surface area contributed by atoms with Crippen molar-refractivity contribution in [1.29, 1.82) is 0 Å². The summed E-state index contributed by atoms with van der Waals surface area (Å²) < 4.78 is 6.04. The molecule has 1 aromatic heterocycles. The van der Waals surface area contributed by atoms with Crippen LogP contribution in [-0.2, 0) is 4.79 Å². The SMILES string of the molecule is O=C(Nc1ccc(OC2CCN(C(=O)C3CC3)C2)cc1)N1CC(c2cccnc2)C1. The first-order valence-electron chi connectivity index (χ1n) is 10.7. The number of aromatic nitrogens is 1. The normalized spacial score (nSPS) is 21.3. The van der Waals surface area contributed by atoms with Gasteiger partial charge < -0.3 is 19.9 Å². The Hall–Kier alpha value is -3.09. The highest BCUT2D eigenvalue weighted by molar-refractivity contribution is 5.90. The van der Waals surface area contributed by atoms with Gasteiger partial charge >= 0.3 is 6.03 Å². The third kappa shape index (κ3) is 4.10. The highest BCUT2D eigenvalue weighted by atomic mass is 16.5. The molecule has 3 aliphatic rings. The summed E-state index contributed by atoms with van der Waals surface area (Å²) in [7, 11) is 0. The maximum atomic E-state index is 12.4. The van der Waals surface area contributed by atoms with Gasteiger partial charge in [0.05, 0.1) is 6.54 Å². The average Bonchev–Trinajstić information content (AvgIpc) is 3.48. The molecule has 7 nitrogen and oxygen atoms in total. The molecule has 156 valence electrons. The Labute approximate surface area is 176 Å². The number of anilines is 1. The van der Waals surface area contributed by atoms with Crippen molar-refractivity contribution in [3.05, 3.63) is 54.4 Å². The van der Waals surface area contributed by atoms with Crippen LogP contribution < -0.4 is 10.1 Å². The molecule has 0 radical (unpaired) electrons. The second kappa shape index (κ2) is 7.97. The van der Waals surface area contributed by atoms with Crippen LogP contribution in [-0.4, -0.2) is 59.0 Å². The zero-order valence-corrected chi connectivity index (χ0v) is 16.9. The van der Waals surface area contributed by atoms with Crippen molar-refractivity contribution in [2.45, 2.75) is 31.3 Å². The molecule has 1 saturated carbocycles. The van der Waals surface area contributed by atoms with Crippen LogP contribution in [0, 0.1) is 5.92 Å². The van der Waals surface area contributed by atoms with E-state index in [0.717, 1.165) is 37.2 Å². The van der Waals surface area contributed by atoms with Gasteiger partial charge in [-0.15, -0.1) is 0 Å². The number of carbonyl (C=O) groups excluding carboxylic acids is 2. The van der Waals surface area contributed by atoms with Crippen LogP contribution in [0.4, 0.5) is 10.5 Å². The predicted octanol–water partition coefficient (Wildman–Crippen LogP) is 3.10. The third-order valence-corrected chi connectivity index (χ3v) is 6.12. The zero-order valence-electron chi connectivity index (χ0n) is 16.9. The van der Waals surface area contributed by atoms with Crippen molar-refractivity contribution in [1.82, 2.24) is 14.8 Å². The Morgan fingerprint density at radius 3 is 2.50 bits per heavy atom. The molecular weight excluding hydrogens is 380 g/mol. The van der Waals surface area contributed by atoms with E-state index in [-0.39, 0.29) is 24.0 Å². The molecule has 2 aliphatic heterocycles. The van der Waals surface area contributed by atoms with Gasteiger partial charge in [0.15, 0.2) is 0 Å². The van der Waals surface area contributed by atoms with Crippen molar-refractivity contribution in [2.75, 3.05) is 31.5 Å². The predicted molar refractivity (Wildman–Crippen MR) is 112 cm³/mol. The average molecular weight is 406 g/mol. The lowest BCUT2D eigenvalue weighted by molar-refractivity contribution is -0.131. The molecule has 3 fully saturated rings. The van der Waals surface area contributed by atoms with E-state index in [9.17, 15) is 9.59 Å². The van der Waals surface area contributed by atoms with E-state index in [1.807, 2.05) is 41.4 Å². The number of amides is 3. The largest absolute Gasteiger partial charge is 0.489 e. The topological polar surface area (TPSA) is 74.8 Å². The fraction of sp³-hybridized carbons (Fsp3) is 0.435. The lowest BCUT2D eigenvalue weighted by Crippen LogP contribution is -2.50. The molecule has 5 rings (SSSR count). The summed E-state index contributed by atoms with van der Waals surface area (Å²) in [5, 5.41) is 2.94. The van der Waals surface area contributed by atoms with E-state index in [0.29, 0.717) is 25.6 Å². The number of hydrogen-bond donors (Lipinski definition) is 1. The van der Waals surface area contributed by atoms with E-state index < -0.39 is 0 Å². The molecule has 0 bridgehead atoms. The highest BCUT2D eigenvalue weighted by Gasteiger charge is 2.37. The van der Waals surface area contributed by atoms with Gasteiger partial charge in [0.25, 0.3) is 0 Å². The van der Waals surface area contributed by atoms with Crippen LogP contribution in [0.3, 0.4) is 0 Å². The summed E-state index contributed by atoms with van der Waals surface area (Å²) >= 11 is 0. The van der Waals surface area contributed by atoms with Crippen LogP contribution in [0.5, 0.6) is 5.75 Å². The molecule has 3 heterocycles. The van der Waals surface area contributed by atoms with E-state index in [1.54, 1.807) is 11.1 Å². The smallest absolute Gasteiger partial charge is 0.321 e. The van der Waals surface area contributed by atoms with Crippen molar-refractivity contribution in [2.24, 2.45) is 5.92 Å². The summed E-state index contributed by atoms with van der Waals surface area (Å²) in [5.41, 5.74) is 1.92. The zero-order chi connectivity index (χ0) is 20.5. The minimum absolute atomic E-state index is 0.0404. The Morgan fingerprint density at radius 1 is 1.00 bits per heavy atom. The van der Waals surface area contributed by atoms with Gasteiger partial charge in [0.1, 0.15) is 11.9 Å². The van der Waals surface area contributed by atoms with Crippen molar-refractivity contribution >= 4 is 17.6 Å². The molecule has 1 aliphatic carbocycles. The first-order valence-corrected chi connectivity index (χ1v) is 10.7. The maximum Gasteiger partial charge on any atom is 0.321 e. The molecule has 1 aromatic carbocycles. The first-order chi connectivity index (χ1) is 14.7. The van der Waals surface area contributed by atoms with Gasteiger partial charge in [0, 0.05) is 56.0 Å². The number of benzene rings is 1. The number of hydrogen-bond acceptors (Lipinski definition) is 4. The number of rotatable bonds is 5. The fourth-order valence-electron chi connectivity index (χ4n) is 4.10. The summed E-state index contributed by atoms with van der Waals surface area (Å²) in [6.07, 6.45) is 6.61. The highest BCUT2D eigenvalue weighted by Crippen LogP contribution is 2.32. The van der Waals surface area contributed by atoms with E-state index in [4.69, 9.17) is 4.74 Å². The monoisotopic (exact) mass is 406 g/mol. The number of nitrogens with zero attached hydrogens (tertiary/aromatic N) is 3. The summed E-state index contributed by atoms with van der Waals surface area (Å²) in [4.78, 5) is 32.5. The first kappa shape index (κ1) is 18.9. The number of urea groups is 1. The molecule has 1 unspecified atom stereocenters. The van der Waals surface area contributed by atoms with Crippen LogP contribution in [0.15, 0.2) is 48.8 Å². The van der Waals surface area contributed by atoms with E-state index in [1.165, 1.54) is 5.56 Å². The van der Waals surface area contributed by atoms with E-state index in [2.05, 4.69) is 16.4 Å². The second-order valence-corrected chi connectivity index (χ2v) is 8.43. The molecule has 1 N–H and O–H groups in total. The maximum absolute atomic E-state index is 12.4. The number of likely N-dealkylation sites (tertiary alicyclic amines) is 2. The molecule has 0 spiro atoms. The number of carbonyl (C=O) groups is 2. The molecule has 2 saturated heterocycles. The molecule has 3 amide bonds. The van der Waals surface area contributed by atoms with Gasteiger partial charge in [-0.3, -0.25) is 9.78 Å². The fourth-order valence-corrected chi connectivity index (χ4v) is 4.10. The van der Waals surface area contributed by atoms with Gasteiger partial charge in [-0.1, -0.05) is 6.07 Å². The molecule has 30 heavy (non-hydrogen) atoms. The summed E-state index contributed by atoms with van der Waals surface area (Å²) in [6, 6.07) is 11.3. The minimum atomic E-state index is -0.0890. The Morgan fingerprint density at radius 2 is 1.80 bits per heavy atom. The standard InChI is InChI=1S/C23H26N4O3/c28-22(16-3-4-16)26-11-9-21(15-26)30-20-7-5-19(6-8-20)25-23(29)27-13-18(14-27)17-2-1-10-24-12-17/h1-2,5-8,10,12,16,18,21H,3-4,9,11,13-15H2,(H,25,29). The van der Waals surface area contributed by atoms with Crippen LogP contribution >= 0.6 is 0 Å². The summed E-state index contributed by atoms with van der Waals surface area (Å²) in [5.74, 6) is 1.67. The van der Waals surface area contributed by atoms with Crippen LogP contribution in [0.1, 0.15) is 30.7 Å². The van der Waals surface area contributed by atoms with Gasteiger partial charge in [-0.05, 0) is 48.7 Å². The molecule has 1 atom stereocenters. The van der Waals surface area contributed by atoms with Crippen molar-refractivity contribution in [3.8, 4) is 5.75 Å². The quantitative estimate of drug-likeness (QED) is 0.828. The van der Waals surface area contributed by atoms with Crippen LogP contribution in [0.2, 0.25) is 0 Å². The minimum Gasteiger partial charge on any atom is -0.489 e. The number of pyridine rings is 1. The number of ether oxygens (including phenoxy) is 1. The lowest BCUT2D eigenvalue weighted by Gasteiger charge is -2.39. The molecular formula is C23H26N4O3. The molecule has 2 aromatic rings. The third-order valence-electron chi connectivity index (χ3n) is 6.12. The van der Waals surface area contributed by atoms with Crippen molar-refractivity contribution in [3.63, 3.8) is 0 Å². The second-order valence-electron chi connectivity index (χ2n) is 8.43. The Bertz CT molecular complexity index is 908.